The zero-order valence-electron chi connectivity index (χ0n) is 8.37. The molecule has 2 N–H and O–H groups in total. The van der Waals surface area contributed by atoms with Crippen LogP contribution in [-0.4, -0.2) is 12.2 Å². The minimum absolute atomic E-state index is 0.00236. The molecule has 84 valence electrons. The smallest absolute Gasteiger partial charge is 0.0843 e. The van der Waals surface area contributed by atoms with E-state index in [4.69, 9.17) is 10.5 Å². The fourth-order valence-corrected chi connectivity index (χ4v) is 3.95. The van der Waals surface area contributed by atoms with Crippen LogP contribution in [0.5, 0.6) is 0 Å². The van der Waals surface area contributed by atoms with Crippen molar-refractivity contribution in [1.29, 1.82) is 0 Å². The van der Waals surface area contributed by atoms with E-state index in [1.165, 1.54) is 4.88 Å². The van der Waals surface area contributed by atoms with Crippen molar-refractivity contribution in [3.8, 4) is 0 Å². The van der Waals surface area contributed by atoms with Gasteiger partial charge in [-0.25, -0.2) is 0 Å². The van der Waals surface area contributed by atoms with E-state index in [2.05, 4.69) is 44.8 Å². The van der Waals surface area contributed by atoms with Gasteiger partial charge >= 0.3 is 0 Å². The lowest BCUT2D eigenvalue weighted by atomic mass is 10.1. The summed E-state index contributed by atoms with van der Waals surface area (Å²) in [5.74, 6) is 0. The summed E-state index contributed by atoms with van der Waals surface area (Å²) in [6.07, 6.45) is 2.71. The van der Waals surface area contributed by atoms with E-state index in [0.29, 0.717) is 6.10 Å². The topological polar surface area (TPSA) is 35.2 Å². The van der Waals surface area contributed by atoms with Gasteiger partial charge in [-0.3, -0.25) is 0 Å². The van der Waals surface area contributed by atoms with Gasteiger partial charge in [-0.1, -0.05) is 0 Å². The van der Waals surface area contributed by atoms with Crippen LogP contribution in [0.1, 0.15) is 30.7 Å². The Morgan fingerprint density at radius 3 is 2.73 bits per heavy atom. The highest BCUT2D eigenvalue weighted by Gasteiger charge is 2.29. The van der Waals surface area contributed by atoms with Crippen molar-refractivity contribution in [2.75, 3.05) is 0 Å². The van der Waals surface area contributed by atoms with Crippen molar-refractivity contribution in [2.24, 2.45) is 5.73 Å². The fraction of sp³-hybridized carbons (Fsp3) is 0.600. The maximum atomic E-state index is 6.19. The molecule has 0 bridgehead atoms. The largest absolute Gasteiger partial charge is 0.373 e. The molecule has 0 radical (unpaired) electrons. The van der Waals surface area contributed by atoms with Crippen LogP contribution in [-0.2, 0) is 4.74 Å². The molecular formula is C10H13Br2NOS. The first-order valence-corrected chi connectivity index (χ1v) is 7.34. The van der Waals surface area contributed by atoms with Gasteiger partial charge in [-0.2, -0.15) is 0 Å². The second-order valence-electron chi connectivity index (χ2n) is 3.86. The van der Waals surface area contributed by atoms with E-state index < -0.39 is 0 Å². The summed E-state index contributed by atoms with van der Waals surface area (Å²) in [7, 11) is 0. The second kappa shape index (κ2) is 4.84. The molecule has 0 spiro atoms. The molecule has 1 aromatic heterocycles. The van der Waals surface area contributed by atoms with Crippen LogP contribution >= 0.6 is 43.2 Å². The first kappa shape index (κ1) is 12.0. The quantitative estimate of drug-likeness (QED) is 0.875. The highest BCUT2D eigenvalue weighted by molar-refractivity contribution is 9.13. The van der Waals surface area contributed by atoms with Gasteiger partial charge in [0.2, 0.25) is 0 Å². The van der Waals surface area contributed by atoms with Crippen LogP contribution in [0.15, 0.2) is 14.3 Å². The Hall–Kier alpha value is 0.580. The number of thiophene rings is 1. The minimum Gasteiger partial charge on any atom is -0.373 e. The number of hydrogen-bond acceptors (Lipinski definition) is 3. The average molecular weight is 355 g/mol. The molecule has 0 aliphatic carbocycles. The summed E-state index contributed by atoms with van der Waals surface area (Å²) in [4.78, 5) is 1.17. The van der Waals surface area contributed by atoms with Crippen LogP contribution in [0.3, 0.4) is 0 Å². The molecule has 1 aliphatic heterocycles. The van der Waals surface area contributed by atoms with Gasteiger partial charge in [-0.05, 0) is 57.7 Å². The normalized spacial score (nSPS) is 28.3. The third kappa shape index (κ3) is 2.64. The molecule has 2 rings (SSSR count). The SMILES string of the molecule is CC1CCC(C(N)c2cc(Br)c(Br)s2)O1. The third-order valence-electron chi connectivity index (χ3n) is 2.66. The van der Waals surface area contributed by atoms with Crippen molar-refractivity contribution < 1.29 is 4.74 Å². The number of rotatable bonds is 2. The Morgan fingerprint density at radius 2 is 2.27 bits per heavy atom. The lowest BCUT2D eigenvalue weighted by Crippen LogP contribution is -2.25. The number of nitrogens with two attached hydrogens (primary N) is 1. The predicted octanol–water partition coefficient (Wildman–Crippen LogP) is 3.84. The molecule has 0 aromatic carbocycles. The van der Waals surface area contributed by atoms with Gasteiger partial charge in [0.25, 0.3) is 0 Å². The number of halogens is 2. The molecule has 1 aliphatic rings. The van der Waals surface area contributed by atoms with Crippen LogP contribution in [0.25, 0.3) is 0 Å². The van der Waals surface area contributed by atoms with Crippen molar-refractivity contribution >= 4 is 43.2 Å². The lowest BCUT2D eigenvalue weighted by molar-refractivity contribution is 0.0408. The molecule has 3 atom stereocenters. The number of ether oxygens (including phenoxy) is 1. The van der Waals surface area contributed by atoms with Crippen molar-refractivity contribution in [2.45, 2.75) is 38.0 Å². The molecule has 1 fully saturated rings. The standard InChI is InChI=1S/C10H13Br2NOS/c1-5-2-3-7(14-5)9(13)8-4-6(11)10(12)15-8/h4-5,7,9H,2-3,13H2,1H3. The molecule has 3 unspecified atom stereocenters. The van der Waals surface area contributed by atoms with E-state index >= 15 is 0 Å². The first-order valence-electron chi connectivity index (χ1n) is 4.93. The zero-order valence-corrected chi connectivity index (χ0v) is 12.4. The monoisotopic (exact) mass is 353 g/mol. The Bertz CT molecular complexity index is 336. The molecule has 2 nitrogen and oxygen atoms in total. The van der Waals surface area contributed by atoms with Crippen LogP contribution in [0, 0.1) is 0 Å². The maximum Gasteiger partial charge on any atom is 0.0843 e. The maximum absolute atomic E-state index is 6.19. The van der Waals surface area contributed by atoms with E-state index in [9.17, 15) is 0 Å². The van der Waals surface area contributed by atoms with Gasteiger partial charge in [-0.15, -0.1) is 11.3 Å². The summed E-state index contributed by atoms with van der Waals surface area (Å²) < 4.78 is 7.95. The Kier molecular flexibility index (Phi) is 3.88. The Balaban J connectivity index is 2.10. The van der Waals surface area contributed by atoms with Gasteiger partial charge in [0.15, 0.2) is 0 Å². The lowest BCUT2D eigenvalue weighted by Gasteiger charge is -2.17. The van der Waals surface area contributed by atoms with Gasteiger partial charge < -0.3 is 10.5 Å². The Labute approximate surface area is 110 Å². The second-order valence-corrected chi connectivity index (χ2v) is 7.11. The van der Waals surface area contributed by atoms with E-state index in [1.807, 2.05) is 0 Å². The molecule has 5 heteroatoms. The van der Waals surface area contributed by atoms with Crippen molar-refractivity contribution in [1.82, 2.24) is 0 Å². The minimum atomic E-state index is 0.00236. The molecule has 1 aromatic rings. The molecule has 0 amide bonds. The van der Waals surface area contributed by atoms with Gasteiger partial charge in [0.1, 0.15) is 0 Å². The van der Waals surface area contributed by atoms with E-state index in [0.717, 1.165) is 21.1 Å². The highest BCUT2D eigenvalue weighted by atomic mass is 79.9. The average Bonchev–Trinajstić information content (AvgIpc) is 2.74. The van der Waals surface area contributed by atoms with Gasteiger partial charge in [0, 0.05) is 9.35 Å². The van der Waals surface area contributed by atoms with E-state index in [-0.39, 0.29) is 12.1 Å². The number of hydrogen-bond donors (Lipinski definition) is 1. The van der Waals surface area contributed by atoms with Crippen LogP contribution in [0.4, 0.5) is 0 Å². The van der Waals surface area contributed by atoms with Crippen molar-refractivity contribution in [3.05, 3.63) is 19.2 Å². The molecular weight excluding hydrogens is 342 g/mol. The van der Waals surface area contributed by atoms with Crippen LogP contribution < -0.4 is 5.73 Å². The molecule has 15 heavy (non-hydrogen) atoms. The van der Waals surface area contributed by atoms with Crippen LogP contribution in [0.2, 0.25) is 0 Å². The molecule has 0 saturated carbocycles. The summed E-state index contributed by atoms with van der Waals surface area (Å²) >= 11 is 8.63. The zero-order chi connectivity index (χ0) is 11.0. The fourth-order valence-electron chi connectivity index (χ4n) is 1.81. The summed E-state index contributed by atoms with van der Waals surface area (Å²) in [6, 6.07) is 2.08. The summed E-state index contributed by atoms with van der Waals surface area (Å²) in [5.41, 5.74) is 6.19. The van der Waals surface area contributed by atoms with Crippen molar-refractivity contribution in [3.63, 3.8) is 0 Å². The Morgan fingerprint density at radius 1 is 1.53 bits per heavy atom. The first-order chi connectivity index (χ1) is 7.08. The highest BCUT2D eigenvalue weighted by Crippen LogP contribution is 2.38. The predicted molar refractivity (Wildman–Crippen MR) is 70.2 cm³/mol. The molecule has 1 saturated heterocycles. The summed E-state index contributed by atoms with van der Waals surface area (Å²) in [6.45, 7) is 2.10. The van der Waals surface area contributed by atoms with Gasteiger partial charge in [0.05, 0.1) is 22.0 Å². The third-order valence-corrected chi connectivity index (χ3v) is 6.02. The molecule has 2 heterocycles. The summed E-state index contributed by atoms with van der Waals surface area (Å²) in [5, 5.41) is 0. The van der Waals surface area contributed by atoms with E-state index in [1.54, 1.807) is 11.3 Å².